The van der Waals surface area contributed by atoms with Crippen LogP contribution >= 0.6 is 11.3 Å². The highest BCUT2D eigenvalue weighted by Gasteiger charge is 2.06. The molecule has 4 heteroatoms. The lowest BCUT2D eigenvalue weighted by molar-refractivity contribution is 0.305. The van der Waals surface area contributed by atoms with Gasteiger partial charge in [-0.1, -0.05) is 30.3 Å². The second-order valence-electron chi connectivity index (χ2n) is 3.92. The van der Waals surface area contributed by atoms with Crippen molar-refractivity contribution in [1.29, 1.82) is 0 Å². The number of aromatic nitrogens is 1. The Bertz CT molecular complexity index is 664. The molecule has 90 valence electrons. The van der Waals surface area contributed by atoms with E-state index < -0.39 is 0 Å². The predicted octanol–water partition coefficient (Wildman–Crippen LogP) is 3.58. The third-order valence-electron chi connectivity index (χ3n) is 2.63. The highest BCUT2D eigenvalue weighted by Crippen LogP contribution is 2.32. The van der Waals surface area contributed by atoms with Crippen molar-refractivity contribution in [1.82, 2.24) is 4.98 Å². The normalized spacial score (nSPS) is 10.7. The third-order valence-corrected chi connectivity index (χ3v) is 3.50. The fourth-order valence-corrected chi connectivity index (χ4v) is 2.43. The number of benzene rings is 2. The zero-order valence-corrected chi connectivity index (χ0v) is 10.4. The first-order valence-electron chi connectivity index (χ1n) is 5.56. The van der Waals surface area contributed by atoms with Crippen LogP contribution in [-0.4, -0.2) is 10.1 Å². The summed E-state index contributed by atoms with van der Waals surface area (Å²) in [4.78, 5) is 4.17. The Morgan fingerprint density at radius 1 is 1.17 bits per heavy atom. The number of phenolic OH excluding ortho intramolecular Hbond substituents is 1. The van der Waals surface area contributed by atoms with E-state index in [1.165, 1.54) is 11.3 Å². The monoisotopic (exact) mass is 257 g/mol. The maximum atomic E-state index is 9.83. The average molecular weight is 257 g/mol. The summed E-state index contributed by atoms with van der Waals surface area (Å²) in [5, 5.41) is 9.83. The van der Waals surface area contributed by atoms with Crippen molar-refractivity contribution in [3.05, 3.63) is 53.5 Å². The third kappa shape index (κ3) is 2.15. The van der Waals surface area contributed by atoms with Crippen molar-refractivity contribution in [3.8, 4) is 11.5 Å². The van der Waals surface area contributed by atoms with E-state index in [2.05, 4.69) is 4.98 Å². The van der Waals surface area contributed by atoms with Crippen LogP contribution in [0.4, 0.5) is 0 Å². The van der Waals surface area contributed by atoms with E-state index in [9.17, 15) is 5.11 Å². The maximum Gasteiger partial charge on any atom is 0.138 e. The number of ether oxygens (including phenoxy) is 1. The van der Waals surface area contributed by atoms with Gasteiger partial charge in [0, 0.05) is 12.1 Å². The van der Waals surface area contributed by atoms with E-state index in [1.807, 2.05) is 36.4 Å². The maximum absolute atomic E-state index is 9.83. The lowest BCUT2D eigenvalue weighted by Crippen LogP contribution is -1.94. The minimum atomic E-state index is 0.220. The molecule has 0 saturated carbocycles. The number of hydrogen-bond donors (Lipinski definition) is 1. The van der Waals surface area contributed by atoms with Gasteiger partial charge in [0.05, 0.1) is 15.7 Å². The number of rotatable bonds is 3. The molecule has 1 N–H and O–H groups in total. The first-order chi connectivity index (χ1) is 8.83. The molecule has 2 aromatic carbocycles. The Labute approximate surface area is 108 Å². The summed E-state index contributed by atoms with van der Waals surface area (Å²) in [6.45, 7) is 0.482. The molecule has 0 amide bonds. The van der Waals surface area contributed by atoms with Gasteiger partial charge in [0.2, 0.25) is 0 Å². The first kappa shape index (κ1) is 11.0. The van der Waals surface area contributed by atoms with Crippen molar-refractivity contribution in [3.63, 3.8) is 0 Å². The summed E-state index contributed by atoms with van der Waals surface area (Å²) >= 11 is 1.42. The summed E-state index contributed by atoms with van der Waals surface area (Å²) in [7, 11) is 0. The fraction of sp³-hybridized carbons (Fsp3) is 0.0714. The summed E-state index contributed by atoms with van der Waals surface area (Å²) in [5.74, 6) is 0.854. The molecule has 3 nitrogen and oxygen atoms in total. The standard InChI is InChI=1S/C14H11NO2S/c16-13-7-11(6-12-14(13)18-9-15-12)17-8-10-4-2-1-3-5-10/h1-7,9,16H,8H2. The fourth-order valence-electron chi connectivity index (χ4n) is 1.75. The van der Waals surface area contributed by atoms with Gasteiger partial charge in [-0.05, 0) is 5.56 Å². The van der Waals surface area contributed by atoms with Crippen LogP contribution in [0.5, 0.6) is 11.5 Å². The lowest BCUT2D eigenvalue weighted by Gasteiger charge is -2.06. The number of hydrogen-bond acceptors (Lipinski definition) is 4. The molecule has 0 fully saturated rings. The highest BCUT2D eigenvalue weighted by atomic mass is 32.1. The van der Waals surface area contributed by atoms with Gasteiger partial charge in [0.15, 0.2) is 0 Å². The summed E-state index contributed by atoms with van der Waals surface area (Å²) in [6, 6.07) is 13.4. The molecule has 0 spiro atoms. The molecule has 0 aliphatic carbocycles. The van der Waals surface area contributed by atoms with Gasteiger partial charge in [-0.25, -0.2) is 4.98 Å². The van der Waals surface area contributed by atoms with Crippen molar-refractivity contribution in [2.45, 2.75) is 6.61 Å². The molecule has 0 aliphatic heterocycles. The Kier molecular flexibility index (Phi) is 2.86. The van der Waals surface area contributed by atoms with Gasteiger partial charge < -0.3 is 9.84 Å². The zero-order valence-electron chi connectivity index (χ0n) is 9.54. The SMILES string of the molecule is Oc1cc(OCc2ccccc2)cc2ncsc12. The van der Waals surface area contributed by atoms with E-state index in [0.29, 0.717) is 12.4 Å². The minimum Gasteiger partial charge on any atom is -0.506 e. The van der Waals surface area contributed by atoms with Crippen LogP contribution in [0.15, 0.2) is 48.0 Å². The minimum absolute atomic E-state index is 0.220. The smallest absolute Gasteiger partial charge is 0.138 e. The predicted molar refractivity (Wildman–Crippen MR) is 72.1 cm³/mol. The zero-order chi connectivity index (χ0) is 12.4. The number of aromatic hydroxyl groups is 1. The highest BCUT2D eigenvalue weighted by molar-refractivity contribution is 7.17. The van der Waals surface area contributed by atoms with Crippen molar-refractivity contribution >= 4 is 21.6 Å². The van der Waals surface area contributed by atoms with Crippen LogP contribution in [-0.2, 0) is 6.61 Å². The van der Waals surface area contributed by atoms with Crippen LogP contribution in [0.2, 0.25) is 0 Å². The molecule has 0 radical (unpaired) electrons. The molecule has 0 unspecified atom stereocenters. The summed E-state index contributed by atoms with van der Waals surface area (Å²) < 4.78 is 6.45. The van der Waals surface area contributed by atoms with Crippen molar-refractivity contribution in [2.75, 3.05) is 0 Å². The number of nitrogens with zero attached hydrogens (tertiary/aromatic N) is 1. The molecule has 0 atom stereocenters. The molecule has 0 bridgehead atoms. The first-order valence-corrected chi connectivity index (χ1v) is 6.44. The van der Waals surface area contributed by atoms with E-state index in [0.717, 1.165) is 15.8 Å². The largest absolute Gasteiger partial charge is 0.506 e. The van der Waals surface area contributed by atoms with Crippen LogP contribution in [0.1, 0.15) is 5.56 Å². The summed E-state index contributed by atoms with van der Waals surface area (Å²) in [5.41, 5.74) is 3.57. The van der Waals surface area contributed by atoms with Crippen LogP contribution in [0.25, 0.3) is 10.2 Å². The molecule has 1 heterocycles. The van der Waals surface area contributed by atoms with Gasteiger partial charge in [-0.2, -0.15) is 0 Å². The summed E-state index contributed by atoms with van der Waals surface area (Å²) in [6.07, 6.45) is 0. The molecule has 1 aromatic heterocycles. The van der Waals surface area contributed by atoms with Crippen LogP contribution in [0.3, 0.4) is 0 Å². The van der Waals surface area contributed by atoms with Crippen molar-refractivity contribution < 1.29 is 9.84 Å². The molecule has 18 heavy (non-hydrogen) atoms. The van der Waals surface area contributed by atoms with Gasteiger partial charge in [-0.15, -0.1) is 11.3 Å². The van der Waals surface area contributed by atoms with Crippen molar-refractivity contribution in [2.24, 2.45) is 0 Å². The quantitative estimate of drug-likeness (QED) is 0.779. The molecule has 0 saturated heterocycles. The number of phenols is 1. The van der Waals surface area contributed by atoms with Crippen LogP contribution in [0, 0.1) is 0 Å². The molecule has 3 aromatic rings. The Morgan fingerprint density at radius 3 is 2.83 bits per heavy atom. The van der Waals surface area contributed by atoms with E-state index >= 15 is 0 Å². The van der Waals surface area contributed by atoms with E-state index in [4.69, 9.17) is 4.74 Å². The molecular weight excluding hydrogens is 246 g/mol. The Balaban J connectivity index is 1.82. The Hall–Kier alpha value is -2.07. The van der Waals surface area contributed by atoms with E-state index in [1.54, 1.807) is 11.6 Å². The second-order valence-corrected chi connectivity index (χ2v) is 4.77. The lowest BCUT2D eigenvalue weighted by atomic mass is 10.2. The van der Waals surface area contributed by atoms with Gasteiger partial charge in [0.1, 0.15) is 18.1 Å². The van der Waals surface area contributed by atoms with Gasteiger partial charge >= 0.3 is 0 Å². The molecule has 0 aliphatic rings. The second kappa shape index (κ2) is 4.66. The number of fused-ring (bicyclic) bond motifs is 1. The van der Waals surface area contributed by atoms with Gasteiger partial charge in [0.25, 0.3) is 0 Å². The topological polar surface area (TPSA) is 42.4 Å². The molecule has 3 rings (SSSR count). The Morgan fingerprint density at radius 2 is 2.00 bits per heavy atom. The van der Waals surface area contributed by atoms with E-state index in [-0.39, 0.29) is 5.75 Å². The molecular formula is C14H11NO2S. The van der Waals surface area contributed by atoms with Gasteiger partial charge in [-0.3, -0.25) is 0 Å². The number of thiazole rings is 1. The van der Waals surface area contributed by atoms with Crippen LogP contribution < -0.4 is 4.74 Å². The average Bonchev–Trinajstić information content (AvgIpc) is 2.86.